The number of hydrogen-bond acceptors (Lipinski definition) is 5. The molecule has 1 aliphatic rings. The Bertz CT molecular complexity index is 1010. The molecular formula is C21H19BrN2O5. The van der Waals surface area contributed by atoms with Crippen molar-refractivity contribution in [1.29, 1.82) is 0 Å². The van der Waals surface area contributed by atoms with Crippen molar-refractivity contribution >= 4 is 45.5 Å². The van der Waals surface area contributed by atoms with E-state index in [1.54, 1.807) is 24.3 Å². The van der Waals surface area contributed by atoms with Crippen LogP contribution >= 0.6 is 15.9 Å². The van der Waals surface area contributed by atoms with E-state index < -0.39 is 17.8 Å². The van der Waals surface area contributed by atoms with Crippen molar-refractivity contribution in [2.45, 2.75) is 13.3 Å². The second-order valence-electron chi connectivity index (χ2n) is 6.21. The molecule has 2 aromatic rings. The molecule has 0 atom stereocenters. The number of carbonyl (C=O) groups excluding carboxylic acids is 3. The number of imide groups is 2. The molecule has 1 aliphatic heterocycles. The summed E-state index contributed by atoms with van der Waals surface area (Å²) in [5.41, 5.74) is 1.81. The van der Waals surface area contributed by atoms with Crippen LogP contribution in [0.1, 0.15) is 18.1 Å². The second-order valence-corrected chi connectivity index (χ2v) is 7.06. The fourth-order valence-corrected chi connectivity index (χ4v) is 3.35. The SMILES string of the molecule is CCc1ccc(N2C(=O)NC(=O)/C(=C/c3cc(OC)c(OC)cc3Br)C2=O)cc1. The van der Waals surface area contributed by atoms with Crippen LogP contribution in [0.5, 0.6) is 11.5 Å². The molecule has 0 unspecified atom stereocenters. The van der Waals surface area contributed by atoms with Gasteiger partial charge in [-0.3, -0.25) is 14.9 Å². The van der Waals surface area contributed by atoms with Crippen molar-refractivity contribution in [3.63, 3.8) is 0 Å². The Morgan fingerprint density at radius 2 is 1.66 bits per heavy atom. The van der Waals surface area contributed by atoms with Gasteiger partial charge < -0.3 is 9.47 Å². The Hall–Kier alpha value is -3.13. The molecule has 1 heterocycles. The van der Waals surface area contributed by atoms with Gasteiger partial charge in [0, 0.05) is 4.47 Å². The third-order valence-electron chi connectivity index (χ3n) is 4.51. The molecule has 150 valence electrons. The van der Waals surface area contributed by atoms with Crippen molar-refractivity contribution in [2.75, 3.05) is 19.1 Å². The topological polar surface area (TPSA) is 84.9 Å². The summed E-state index contributed by atoms with van der Waals surface area (Å²) in [5.74, 6) is -0.532. The first-order valence-corrected chi connectivity index (χ1v) is 9.60. The summed E-state index contributed by atoms with van der Waals surface area (Å²) in [6, 6.07) is 9.54. The number of hydrogen-bond donors (Lipinski definition) is 1. The number of benzene rings is 2. The van der Waals surface area contributed by atoms with Crippen molar-refractivity contribution in [3.05, 3.63) is 57.6 Å². The van der Waals surface area contributed by atoms with Gasteiger partial charge in [0.1, 0.15) is 5.57 Å². The number of rotatable bonds is 5. The maximum absolute atomic E-state index is 13.0. The first-order chi connectivity index (χ1) is 13.9. The zero-order valence-corrected chi connectivity index (χ0v) is 17.7. The fraction of sp³-hybridized carbons (Fsp3) is 0.190. The number of amides is 4. The predicted molar refractivity (Wildman–Crippen MR) is 112 cm³/mol. The third kappa shape index (κ3) is 4.02. The first-order valence-electron chi connectivity index (χ1n) is 8.81. The lowest BCUT2D eigenvalue weighted by Crippen LogP contribution is -2.54. The van der Waals surface area contributed by atoms with Crippen molar-refractivity contribution in [1.82, 2.24) is 5.32 Å². The third-order valence-corrected chi connectivity index (χ3v) is 5.19. The molecule has 0 bridgehead atoms. The number of nitrogens with one attached hydrogen (secondary N) is 1. The van der Waals surface area contributed by atoms with Crippen molar-refractivity contribution in [2.24, 2.45) is 0 Å². The smallest absolute Gasteiger partial charge is 0.335 e. The molecular weight excluding hydrogens is 440 g/mol. The summed E-state index contributed by atoms with van der Waals surface area (Å²) < 4.78 is 11.1. The second kappa shape index (κ2) is 8.48. The Labute approximate surface area is 176 Å². The highest BCUT2D eigenvalue weighted by atomic mass is 79.9. The zero-order valence-electron chi connectivity index (χ0n) is 16.1. The van der Waals surface area contributed by atoms with Gasteiger partial charge in [0.25, 0.3) is 11.8 Å². The minimum absolute atomic E-state index is 0.169. The summed E-state index contributed by atoms with van der Waals surface area (Å²) in [4.78, 5) is 38.6. The van der Waals surface area contributed by atoms with E-state index in [2.05, 4.69) is 21.2 Å². The van der Waals surface area contributed by atoms with E-state index in [9.17, 15) is 14.4 Å². The van der Waals surface area contributed by atoms with Crippen LogP contribution in [-0.2, 0) is 16.0 Å². The lowest BCUT2D eigenvalue weighted by Gasteiger charge is -2.26. The number of nitrogens with zero attached hydrogens (tertiary/aromatic N) is 1. The first kappa shape index (κ1) is 20.6. The van der Waals surface area contributed by atoms with Gasteiger partial charge in [-0.1, -0.05) is 35.0 Å². The Morgan fingerprint density at radius 1 is 1.03 bits per heavy atom. The highest BCUT2D eigenvalue weighted by Gasteiger charge is 2.37. The number of methoxy groups -OCH3 is 2. The monoisotopic (exact) mass is 458 g/mol. The summed E-state index contributed by atoms with van der Waals surface area (Å²) >= 11 is 3.40. The minimum Gasteiger partial charge on any atom is -0.493 e. The lowest BCUT2D eigenvalue weighted by molar-refractivity contribution is -0.122. The van der Waals surface area contributed by atoms with Crippen LogP contribution in [-0.4, -0.2) is 32.1 Å². The molecule has 3 rings (SSSR count). The van der Waals surface area contributed by atoms with Gasteiger partial charge >= 0.3 is 6.03 Å². The molecule has 7 nitrogen and oxygen atoms in total. The van der Waals surface area contributed by atoms with Gasteiger partial charge in [-0.2, -0.15) is 0 Å². The molecule has 2 aromatic carbocycles. The molecule has 1 saturated heterocycles. The van der Waals surface area contributed by atoms with E-state index in [1.165, 1.54) is 20.3 Å². The van der Waals surface area contributed by atoms with Gasteiger partial charge in [-0.05, 0) is 47.9 Å². The van der Waals surface area contributed by atoms with Gasteiger partial charge in [-0.25, -0.2) is 9.69 Å². The van der Waals surface area contributed by atoms with Crippen LogP contribution in [0, 0.1) is 0 Å². The standard InChI is InChI=1S/C21H19BrN2O5/c1-4-12-5-7-14(8-6-12)24-20(26)15(19(25)23-21(24)27)9-13-10-17(28-2)18(29-3)11-16(13)22/h5-11H,4H2,1-3H3,(H,23,25,27)/b15-9-. The number of aryl methyl sites for hydroxylation is 1. The number of ether oxygens (including phenoxy) is 2. The van der Waals surface area contributed by atoms with E-state index in [4.69, 9.17) is 9.47 Å². The Balaban J connectivity index is 2.03. The van der Waals surface area contributed by atoms with E-state index in [0.29, 0.717) is 27.2 Å². The van der Waals surface area contributed by atoms with E-state index in [1.807, 2.05) is 19.1 Å². The summed E-state index contributed by atoms with van der Waals surface area (Å²) in [6.45, 7) is 2.01. The van der Waals surface area contributed by atoms with Crippen molar-refractivity contribution in [3.8, 4) is 11.5 Å². The van der Waals surface area contributed by atoms with E-state index >= 15 is 0 Å². The quantitative estimate of drug-likeness (QED) is 0.545. The lowest BCUT2D eigenvalue weighted by atomic mass is 10.1. The molecule has 8 heteroatoms. The Kier molecular flexibility index (Phi) is 6.03. The molecule has 0 aromatic heterocycles. The summed E-state index contributed by atoms with van der Waals surface area (Å²) in [6.07, 6.45) is 2.24. The number of barbiturate groups is 1. The zero-order chi connectivity index (χ0) is 21.1. The van der Waals surface area contributed by atoms with Crippen LogP contribution in [0.15, 0.2) is 46.4 Å². The van der Waals surface area contributed by atoms with Gasteiger partial charge in [0.05, 0.1) is 19.9 Å². The molecule has 0 radical (unpaired) electrons. The molecule has 0 saturated carbocycles. The molecule has 1 fully saturated rings. The highest BCUT2D eigenvalue weighted by Crippen LogP contribution is 2.35. The summed E-state index contributed by atoms with van der Waals surface area (Å²) in [7, 11) is 3.00. The fourth-order valence-electron chi connectivity index (χ4n) is 2.91. The molecule has 0 aliphatic carbocycles. The van der Waals surface area contributed by atoms with Gasteiger partial charge in [-0.15, -0.1) is 0 Å². The maximum atomic E-state index is 13.0. The van der Waals surface area contributed by atoms with Gasteiger partial charge in [0.2, 0.25) is 0 Å². The minimum atomic E-state index is -0.784. The van der Waals surface area contributed by atoms with Crippen LogP contribution in [0.25, 0.3) is 6.08 Å². The van der Waals surface area contributed by atoms with Crippen LogP contribution in [0.2, 0.25) is 0 Å². The number of urea groups is 1. The van der Waals surface area contributed by atoms with Crippen LogP contribution in [0.3, 0.4) is 0 Å². The number of anilines is 1. The van der Waals surface area contributed by atoms with Crippen molar-refractivity contribution < 1.29 is 23.9 Å². The highest BCUT2D eigenvalue weighted by molar-refractivity contribution is 9.10. The Morgan fingerprint density at radius 3 is 2.24 bits per heavy atom. The van der Waals surface area contributed by atoms with Crippen LogP contribution < -0.4 is 19.7 Å². The predicted octanol–water partition coefficient (Wildman–Crippen LogP) is 3.70. The van der Waals surface area contributed by atoms with Gasteiger partial charge in [0.15, 0.2) is 11.5 Å². The normalized spacial score (nSPS) is 15.5. The molecule has 4 amide bonds. The average molecular weight is 459 g/mol. The molecule has 0 spiro atoms. The van der Waals surface area contributed by atoms with E-state index in [0.717, 1.165) is 16.9 Å². The summed E-state index contributed by atoms with van der Waals surface area (Å²) in [5, 5.41) is 2.22. The van der Waals surface area contributed by atoms with Crippen LogP contribution in [0.4, 0.5) is 10.5 Å². The molecule has 29 heavy (non-hydrogen) atoms. The molecule has 1 N–H and O–H groups in total. The van der Waals surface area contributed by atoms with E-state index in [-0.39, 0.29) is 5.57 Å². The number of halogens is 1. The maximum Gasteiger partial charge on any atom is 0.335 e. The number of carbonyl (C=O) groups is 3. The average Bonchev–Trinajstić information content (AvgIpc) is 2.72. The largest absolute Gasteiger partial charge is 0.493 e.